The van der Waals surface area contributed by atoms with Gasteiger partial charge in [-0.05, 0) is 25.7 Å². The van der Waals surface area contributed by atoms with E-state index >= 15 is 0 Å². The first-order valence-electron chi connectivity index (χ1n) is 23.0. The molecule has 0 amide bonds. The minimum absolute atomic E-state index is 0. The summed E-state index contributed by atoms with van der Waals surface area (Å²) in [5.41, 5.74) is 0. The Hall–Kier alpha value is 0.880. The first kappa shape index (κ1) is 55.2. The maximum absolute atomic E-state index is 2.48. The average Bonchev–Trinajstić information content (AvgIpc) is 3.06. The van der Waals surface area contributed by atoms with Crippen LogP contribution in [0.5, 0.6) is 0 Å². The zero-order valence-corrected chi connectivity index (χ0v) is 39.1. The number of hydrogen-bond donors (Lipinski definition) is 0. The van der Waals surface area contributed by atoms with Crippen molar-refractivity contribution in [1.82, 2.24) is 0 Å². The van der Waals surface area contributed by atoms with Crippen molar-refractivity contribution in [3.05, 3.63) is 0 Å². The highest BCUT2D eigenvalue weighted by atomic mass is 79.9. The number of halogens is 2. The summed E-state index contributed by atoms with van der Waals surface area (Å²) in [5.74, 6) is 0. The lowest BCUT2D eigenvalue weighted by atomic mass is 10.0. The third-order valence-corrected chi connectivity index (χ3v) is 11.5. The first-order chi connectivity index (χ1) is 23.3. The Morgan fingerprint density at radius 1 is 0.200 bits per heavy atom. The second-order valence-electron chi connectivity index (χ2n) is 17.8. The molecule has 0 aliphatic rings. The fourth-order valence-corrected chi connectivity index (χ4v) is 7.65. The molecule has 0 atom stereocenters. The molecule has 0 saturated carbocycles. The molecule has 0 saturated heterocycles. The number of quaternary nitrogens is 2. The van der Waals surface area contributed by atoms with Gasteiger partial charge in [-0.1, -0.05) is 219 Å². The molecule has 0 fully saturated rings. The van der Waals surface area contributed by atoms with Crippen LogP contribution in [0, 0.1) is 0 Å². The van der Waals surface area contributed by atoms with E-state index in [0.717, 1.165) is 0 Å². The number of unbranched alkanes of at least 4 members (excludes halogenated alkanes) is 34. The lowest BCUT2D eigenvalue weighted by Gasteiger charge is -2.36. The lowest BCUT2D eigenvalue weighted by molar-refractivity contribution is -0.946. The van der Waals surface area contributed by atoms with Gasteiger partial charge in [0.2, 0.25) is 0 Å². The topological polar surface area (TPSA) is 0 Å². The second kappa shape index (κ2) is 42.6. The number of likely N-dealkylation sites (N-methyl/N-ethyl adjacent to an activating group) is 2. The third-order valence-electron chi connectivity index (χ3n) is 11.5. The van der Waals surface area contributed by atoms with Crippen molar-refractivity contribution in [2.75, 3.05) is 54.4 Å². The van der Waals surface area contributed by atoms with E-state index in [-0.39, 0.29) is 34.0 Å². The molecule has 0 rings (SSSR count). The van der Waals surface area contributed by atoms with E-state index in [4.69, 9.17) is 0 Å². The lowest BCUT2D eigenvalue weighted by Crippen LogP contribution is -3.00. The molecule has 0 unspecified atom stereocenters. The van der Waals surface area contributed by atoms with Crippen molar-refractivity contribution in [1.29, 1.82) is 0 Å². The number of rotatable bonds is 41. The molecule has 0 heterocycles. The minimum atomic E-state index is 0. The van der Waals surface area contributed by atoms with Gasteiger partial charge in [-0.25, -0.2) is 0 Å². The third kappa shape index (κ3) is 45.0. The number of nitrogens with zero attached hydrogens (tertiary/aromatic N) is 2. The SMILES string of the molecule is CCCCCCCCCCCCCCCCCCCC[N+](C)(C)CC[N+](C)(C)CCCCCCCCCCCCCCCCCCCC.[Br-].[Br-]. The molecule has 0 aromatic heterocycles. The van der Waals surface area contributed by atoms with E-state index in [0.29, 0.717) is 0 Å². The van der Waals surface area contributed by atoms with Crippen molar-refractivity contribution in [2.45, 2.75) is 245 Å². The minimum Gasteiger partial charge on any atom is -1.00 e. The van der Waals surface area contributed by atoms with E-state index in [9.17, 15) is 0 Å². The fraction of sp³-hybridized carbons (Fsp3) is 1.00. The van der Waals surface area contributed by atoms with Gasteiger partial charge in [0.05, 0.1) is 41.3 Å². The largest absolute Gasteiger partial charge is 1.00 e. The van der Waals surface area contributed by atoms with Gasteiger partial charge in [-0.3, -0.25) is 0 Å². The zero-order valence-electron chi connectivity index (χ0n) is 35.9. The van der Waals surface area contributed by atoms with Crippen LogP contribution < -0.4 is 34.0 Å². The van der Waals surface area contributed by atoms with Gasteiger partial charge in [0, 0.05) is 0 Å². The van der Waals surface area contributed by atoms with Gasteiger partial charge < -0.3 is 42.9 Å². The van der Waals surface area contributed by atoms with Crippen LogP contribution in [0.25, 0.3) is 0 Å². The van der Waals surface area contributed by atoms with Gasteiger partial charge in [0.25, 0.3) is 0 Å². The van der Waals surface area contributed by atoms with Crippen LogP contribution in [0.15, 0.2) is 0 Å². The van der Waals surface area contributed by atoms with Crippen LogP contribution in [0.1, 0.15) is 245 Å². The molecule has 0 aliphatic carbocycles. The van der Waals surface area contributed by atoms with E-state index < -0.39 is 0 Å². The van der Waals surface area contributed by atoms with Crippen molar-refractivity contribution in [2.24, 2.45) is 0 Å². The summed E-state index contributed by atoms with van der Waals surface area (Å²) >= 11 is 0. The van der Waals surface area contributed by atoms with Crippen molar-refractivity contribution in [3.63, 3.8) is 0 Å². The van der Waals surface area contributed by atoms with E-state index in [2.05, 4.69) is 42.0 Å². The molecule has 0 spiro atoms. The van der Waals surface area contributed by atoms with Crippen molar-refractivity contribution >= 4 is 0 Å². The Balaban J connectivity index is -0.0000110. The Morgan fingerprint density at radius 3 is 0.500 bits per heavy atom. The number of hydrogen-bond acceptors (Lipinski definition) is 0. The summed E-state index contributed by atoms with van der Waals surface area (Å²) in [6.07, 6.45) is 52.7. The molecule has 50 heavy (non-hydrogen) atoms. The van der Waals surface area contributed by atoms with Crippen molar-refractivity contribution in [3.8, 4) is 0 Å². The maximum Gasteiger partial charge on any atom is 0.128 e. The molecular formula is C46H98Br2N2. The van der Waals surface area contributed by atoms with Gasteiger partial charge in [0.15, 0.2) is 0 Å². The van der Waals surface area contributed by atoms with Crippen LogP contribution in [-0.4, -0.2) is 63.3 Å². The van der Waals surface area contributed by atoms with Crippen LogP contribution in [0.2, 0.25) is 0 Å². The summed E-state index contributed by atoms with van der Waals surface area (Å²) < 4.78 is 2.42. The first-order valence-corrected chi connectivity index (χ1v) is 23.0. The predicted octanol–water partition coefficient (Wildman–Crippen LogP) is 9.23. The molecule has 2 nitrogen and oxygen atoms in total. The molecular weight excluding hydrogens is 740 g/mol. The van der Waals surface area contributed by atoms with Crippen LogP contribution in [0.3, 0.4) is 0 Å². The monoisotopic (exact) mass is 837 g/mol. The summed E-state index contributed by atoms with van der Waals surface area (Å²) in [6, 6.07) is 0. The predicted molar refractivity (Wildman–Crippen MR) is 221 cm³/mol. The quantitative estimate of drug-likeness (QED) is 0.0426. The van der Waals surface area contributed by atoms with Gasteiger partial charge >= 0.3 is 0 Å². The molecule has 0 radical (unpaired) electrons. The summed E-state index contributed by atoms with van der Waals surface area (Å²) in [5, 5.41) is 0. The van der Waals surface area contributed by atoms with E-state index in [1.54, 1.807) is 0 Å². The smallest absolute Gasteiger partial charge is 0.128 e. The average molecular weight is 839 g/mol. The van der Waals surface area contributed by atoms with Crippen LogP contribution in [0.4, 0.5) is 0 Å². The molecule has 0 N–H and O–H groups in total. The normalized spacial score (nSPS) is 11.9. The van der Waals surface area contributed by atoms with Crippen LogP contribution >= 0.6 is 0 Å². The standard InChI is InChI=1S/C46H98N2.2BrH/c1-7-9-11-13-15-17-19-21-23-25-27-29-31-33-35-37-39-41-43-47(3,4)45-46-48(5,6)44-42-40-38-36-34-32-30-28-26-24-22-20-18-16-14-12-10-8-2;;/h7-46H2,1-6H3;2*1H/q+2;;/p-2. The molecule has 0 aromatic carbocycles. The Kier molecular flexibility index (Phi) is 47.1. The molecule has 4 heteroatoms. The Bertz CT molecular complexity index is 557. The maximum atomic E-state index is 2.48. The molecule has 0 bridgehead atoms. The molecule has 306 valence electrons. The van der Waals surface area contributed by atoms with Gasteiger partial charge in [0.1, 0.15) is 13.1 Å². The van der Waals surface area contributed by atoms with Crippen molar-refractivity contribution < 1.29 is 42.9 Å². The Morgan fingerprint density at radius 2 is 0.340 bits per heavy atom. The molecule has 0 aliphatic heterocycles. The van der Waals surface area contributed by atoms with E-state index in [1.165, 1.54) is 266 Å². The van der Waals surface area contributed by atoms with Crippen LogP contribution in [-0.2, 0) is 0 Å². The second-order valence-corrected chi connectivity index (χ2v) is 17.8. The summed E-state index contributed by atoms with van der Waals surface area (Å²) in [7, 11) is 9.91. The van der Waals surface area contributed by atoms with Gasteiger partial charge in [-0.2, -0.15) is 0 Å². The van der Waals surface area contributed by atoms with Gasteiger partial charge in [-0.15, -0.1) is 0 Å². The Labute approximate surface area is 340 Å². The zero-order chi connectivity index (χ0) is 35.3. The van der Waals surface area contributed by atoms with E-state index in [1.807, 2.05) is 0 Å². The highest BCUT2D eigenvalue weighted by molar-refractivity contribution is 4.53. The highest BCUT2D eigenvalue weighted by Crippen LogP contribution is 2.17. The highest BCUT2D eigenvalue weighted by Gasteiger charge is 2.22. The fourth-order valence-electron chi connectivity index (χ4n) is 7.65. The summed E-state index contributed by atoms with van der Waals surface area (Å²) in [4.78, 5) is 0. The summed E-state index contributed by atoms with van der Waals surface area (Å²) in [6.45, 7) is 9.99. The molecule has 0 aromatic rings.